The molecule has 0 heterocycles. The Kier molecular flexibility index (Phi) is 3.47. The van der Waals surface area contributed by atoms with Crippen LogP contribution in [-0.4, -0.2) is 26.2 Å². The number of esters is 2. The van der Waals surface area contributed by atoms with Crippen LogP contribution < -0.4 is 11.5 Å². The van der Waals surface area contributed by atoms with Crippen LogP contribution in [0.1, 0.15) is 20.7 Å². The maximum Gasteiger partial charge on any atom is 0.338 e. The van der Waals surface area contributed by atoms with Gasteiger partial charge in [0.2, 0.25) is 0 Å². The number of nitrogens with two attached hydrogens (primary N) is 2. The maximum atomic E-state index is 11.9. The molecule has 0 fully saturated rings. The Hall–Kier alpha value is -2.76. The summed E-state index contributed by atoms with van der Waals surface area (Å²) >= 11 is 0. The fraction of sp³-hybridized carbons (Fsp3) is 0.143. The Bertz CT molecular complexity index is 653. The van der Waals surface area contributed by atoms with Gasteiger partial charge in [0.15, 0.2) is 0 Å². The summed E-state index contributed by atoms with van der Waals surface area (Å²) in [5, 5.41) is 0.777. The van der Waals surface area contributed by atoms with Crippen molar-refractivity contribution in [1.82, 2.24) is 0 Å². The van der Waals surface area contributed by atoms with Gasteiger partial charge in [-0.15, -0.1) is 0 Å². The van der Waals surface area contributed by atoms with Gasteiger partial charge in [-0.05, 0) is 24.3 Å². The van der Waals surface area contributed by atoms with Gasteiger partial charge in [0.25, 0.3) is 0 Å². The summed E-state index contributed by atoms with van der Waals surface area (Å²) in [6.45, 7) is 0. The van der Waals surface area contributed by atoms with E-state index in [9.17, 15) is 9.59 Å². The van der Waals surface area contributed by atoms with Crippen molar-refractivity contribution in [2.24, 2.45) is 0 Å². The van der Waals surface area contributed by atoms with E-state index in [1.54, 1.807) is 12.1 Å². The van der Waals surface area contributed by atoms with Crippen molar-refractivity contribution in [3.8, 4) is 0 Å². The van der Waals surface area contributed by atoms with Crippen molar-refractivity contribution in [3.63, 3.8) is 0 Å². The molecule has 20 heavy (non-hydrogen) atoms. The molecule has 0 unspecified atom stereocenters. The van der Waals surface area contributed by atoms with Crippen LogP contribution in [-0.2, 0) is 9.47 Å². The van der Waals surface area contributed by atoms with Gasteiger partial charge in [-0.3, -0.25) is 0 Å². The van der Waals surface area contributed by atoms with Gasteiger partial charge < -0.3 is 20.9 Å². The average molecular weight is 274 g/mol. The lowest BCUT2D eigenvalue weighted by atomic mass is 9.96. The molecule has 0 amide bonds. The number of carbonyl (C=O) groups is 2. The van der Waals surface area contributed by atoms with E-state index in [4.69, 9.17) is 20.9 Å². The van der Waals surface area contributed by atoms with Crippen molar-refractivity contribution < 1.29 is 19.1 Å². The molecule has 0 aliphatic carbocycles. The van der Waals surface area contributed by atoms with Crippen molar-refractivity contribution in [2.75, 3.05) is 25.7 Å². The summed E-state index contributed by atoms with van der Waals surface area (Å²) in [6.07, 6.45) is 0. The Morgan fingerprint density at radius 3 is 1.55 bits per heavy atom. The molecule has 0 aliphatic rings. The number of fused-ring (bicyclic) bond motifs is 1. The van der Waals surface area contributed by atoms with E-state index in [2.05, 4.69) is 0 Å². The molecule has 6 nitrogen and oxygen atoms in total. The van der Waals surface area contributed by atoms with E-state index < -0.39 is 11.9 Å². The lowest BCUT2D eigenvalue weighted by Crippen LogP contribution is -2.09. The van der Waals surface area contributed by atoms with Crippen LogP contribution in [0.5, 0.6) is 0 Å². The van der Waals surface area contributed by atoms with E-state index in [0.29, 0.717) is 22.1 Å². The molecule has 104 valence electrons. The van der Waals surface area contributed by atoms with Crippen LogP contribution in [0.4, 0.5) is 11.4 Å². The van der Waals surface area contributed by atoms with Crippen LogP contribution in [0.15, 0.2) is 24.3 Å². The summed E-state index contributed by atoms with van der Waals surface area (Å²) in [5.74, 6) is -1.16. The summed E-state index contributed by atoms with van der Waals surface area (Å²) in [5.41, 5.74) is 13.0. The van der Waals surface area contributed by atoms with Gasteiger partial charge in [0, 0.05) is 22.1 Å². The minimum atomic E-state index is -0.578. The first kappa shape index (κ1) is 13.7. The number of anilines is 2. The minimum absolute atomic E-state index is 0.212. The highest BCUT2D eigenvalue weighted by atomic mass is 16.5. The molecule has 0 saturated carbocycles. The summed E-state index contributed by atoms with van der Waals surface area (Å²) in [6, 6.07) is 6.09. The number of hydrogen-bond donors (Lipinski definition) is 2. The normalized spacial score (nSPS) is 10.3. The molecular formula is C14H14N2O4. The second kappa shape index (κ2) is 5.08. The first-order valence-electron chi connectivity index (χ1n) is 5.78. The number of rotatable bonds is 2. The molecule has 2 aromatic carbocycles. The van der Waals surface area contributed by atoms with E-state index in [-0.39, 0.29) is 11.1 Å². The second-order valence-electron chi connectivity index (χ2n) is 4.14. The molecule has 2 rings (SSSR count). The lowest BCUT2D eigenvalue weighted by Gasteiger charge is -2.13. The molecule has 0 spiro atoms. The molecule has 4 N–H and O–H groups in total. The molecule has 0 aromatic heterocycles. The first-order chi connectivity index (χ1) is 9.51. The lowest BCUT2D eigenvalue weighted by molar-refractivity contribution is 0.0601. The number of nitrogen functional groups attached to an aromatic ring is 2. The predicted octanol–water partition coefficient (Wildman–Crippen LogP) is 1.58. The van der Waals surface area contributed by atoms with Gasteiger partial charge >= 0.3 is 11.9 Å². The van der Waals surface area contributed by atoms with Crippen LogP contribution in [0, 0.1) is 0 Å². The summed E-state index contributed by atoms with van der Waals surface area (Å²) in [4.78, 5) is 23.7. The van der Waals surface area contributed by atoms with Crippen molar-refractivity contribution >= 4 is 34.1 Å². The van der Waals surface area contributed by atoms with Crippen LogP contribution in [0.3, 0.4) is 0 Å². The zero-order chi connectivity index (χ0) is 14.9. The van der Waals surface area contributed by atoms with Crippen LogP contribution >= 0.6 is 0 Å². The van der Waals surface area contributed by atoms with Gasteiger partial charge in [0.1, 0.15) is 0 Å². The van der Waals surface area contributed by atoms with Crippen molar-refractivity contribution in [1.29, 1.82) is 0 Å². The van der Waals surface area contributed by atoms with E-state index >= 15 is 0 Å². The van der Waals surface area contributed by atoms with E-state index in [0.717, 1.165) is 0 Å². The standard InChI is InChI=1S/C14H14N2O4/c1-19-13(17)7-3-5-9(15)12-10(16)6-4-8(11(7)12)14(18)20-2/h3-6H,15-16H2,1-2H3. The Labute approximate surface area is 115 Å². The SMILES string of the molecule is COC(=O)c1ccc(N)c2c(N)ccc(C(=O)OC)c12. The largest absolute Gasteiger partial charge is 0.465 e. The Morgan fingerprint density at radius 1 is 0.800 bits per heavy atom. The number of carbonyl (C=O) groups excluding carboxylic acids is 2. The topological polar surface area (TPSA) is 105 Å². The van der Waals surface area contributed by atoms with E-state index in [1.165, 1.54) is 26.4 Å². The molecule has 2 aromatic rings. The molecule has 0 aliphatic heterocycles. The predicted molar refractivity (Wildman–Crippen MR) is 75.5 cm³/mol. The van der Waals surface area contributed by atoms with Crippen molar-refractivity contribution in [3.05, 3.63) is 35.4 Å². The molecule has 0 saturated heterocycles. The monoisotopic (exact) mass is 274 g/mol. The zero-order valence-electron chi connectivity index (χ0n) is 11.1. The smallest absolute Gasteiger partial charge is 0.338 e. The fourth-order valence-corrected chi connectivity index (χ4v) is 2.11. The van der Waals surface area contributed by atoms with Crippen molar-refractivity contribution in [2.45, 2.75) is 0 Å². The third kappa shape index (κ3) is 2.01. The third-order valence-corrected chi connectivity index (χ3v) is 3.04. The minimum Gasteiger partial charge on any atom is -0.465 e. The van der Waals surface area contributed by atoms with Crippen LogP contribution in [0.25, 0.3) is 10.8 Å². The number of methoxy groups -OCH3 is 2. The average Bonchev–Trinajstić information content (AvgIpc) is 2.46. The van der Waals surface area contributed by atoms with Gasteiger partial charge in [0.05, 0.1) is 25.3 Å². The highest BCUT2D eigenvalue weighted by Crippen LogP contribution is 2.33. The van der Waals surface area contributed by atoms with Gasteiger partial charge in [-0.1, -0.05) is 0 Å². The Morgan fingerprint density at radius 2 is 1.20 bits per heavy atom. The number of benzene rings is 2. The Balaban J connectivity index is 2.95. The quantitative estimate of drug-likeness (QED) is 0.636. The van der Waals surface area contributed by atoms with E-state index in [1.807, 2.05) is 0 Å². The van der Waals surface area contributed by atoms with Gasteiger partial charge in [-0.2, -0.15) is 0 Å². The number of hydrogen-bond acceptors (Lipinski definition) is 6. The molecule has 6 heteroatoms. The number of ether oxygens (including phenoxy) is 2. The molecule has 0 bridgehead atoms. The fourth-order valence-electron chi connectivity index (χ4n) is 2.11. The molecule has 0 atom stereocenters. The highest BCUT2D eigenvalue weighted by molar-refractivity contribution is 6.18. The highest BCUT2D eigenvalue weighted by Gasteiger charge is 2.20. The molecule has 0 radical (unpaired) electrons. The summed E-state index contributed by atoms with van der Waals surface area (Å²) < 4.78 is 9.44. The summed E-state index contributed by atoms with van der Waals surface area (Å²) in [7, 11) is 2.52. The third-order valence-electron chi connectivity index (χ3n) is 3.04. The second-order valence-corrected chi connectivity index (χ2v) is 4.14. The van der Waals surface area contributed by atoms with Crippen LogP contribution in [0.2, 0.25) is 0 Å². The zero-order valence-corrected chi connectivity index (χ0v) is 11.1. The maximum absolute atomic E-state index is 11.9. The van der Waals surface area contributed by atoms with Gasteiger partial charge in [-0.25, -0.2) is 9.59 Å². The molecular weight excluding hydrogens is 260 g/mol. The first-order valence-corrected chi connectivity index (χ1v) is 5.78.